The summed E-state index contributed by atoms with van der Waals surface area (Å²) in [5.41, 5.74) is 8.49. The summed E-state index contributed by atoms with van der Waals surface area (Å²) < 4.78 is 0. The lowest BCUT2D eigenvalue weighted by Gasteiger charge is -2.27. The van der Waals surface area contributed by atoms with Crippen molar-refractivity contribution in [1.29, 1.82) is 5.26 Å². The highest BCUT2D eigenvalue weighted by molar-refractivity contribution is 5.56. The van der Waals surface area contributed by atoms with Gasteiger partial charge in [0.2, 0.25) is 0 Å². The van der Waals surface area contributed by atoms with E-state index >= 15 is 0 Å². The van der Waals surface area contributed by atoms with Gasteiger partial charge in [-0.15, -0.1) is 5.10 Å². The Balaban J connectivity index is 3.05. The van der Waals surface area contributed by atoms with Crippen molar-refractivity contribution in [3.05, 3.63) is 16.8 Å². The third-order valence-corrected chi connectivity index (χ3v) is 3.97. The molecule has 0 fully saturated rings. The second-order valence-electron chi connectivity index (χ2n) is 5.09. The van der Waals surface area contributed by atoms with Crippen LogP contribution in [0.1, 0.15) is 57.4 Å². The summed E-state index contributed by atoms with van der Waals surface area (Å²) in [4.78, 5) is 0. The standard InChI is InChI=1S/C15H25N5/c1-5-11-12(9-16)14(20-19-13(11)6-2)18-10-15(17,7-3)8-4/h5-8,10,17H2,1-4H3,(H,18,20). The Bertz CT molecular complexity index is 486. The number of nitrogens with one attached hydrogen (secondary N) is 1. The number of nitrogens with zero attached hydrogens (tertiary/aromatic N) is 3. The second kappa shape index (κ2) is 7.20. The highest BCUT2D eigenvalue weighted by Crippen LogP contribution is 2.21. The van der Waals surface area contributed by atoms with Crippen LogP contribution in [0.2, 0.25) is 0 Å². The lowest BCUT2D eigenvalue weighted by molar-refractivity contribution is 0.417. The first-order valence-electron chi connectivity index (χ1n) is 7.36. The molecule has 0 aliphatic carbocycles. The first-order valence-corrected chi connectivity index (χ1v) is 7.36. The maximum atomic E-state index is 9.41. The lowest BCUT2D eigenvalue weighted by atomic mass is 9.94. The molecule has 0 bridgehead atoms. The van der Waals surface area contributed by atoms with E-state index in [0.717, 1.165) is 36.9 Å². The fraction of sp³-hybridized carbons (Fsp3) is 0.667. The summed E-state index contributed by atoms with van der Waals surface area (Å²) in [7, 11) is 0. The Morgan fingerprint density at radius 3 is 2.25 bits per heavy atom. The zero-order valence-electron chi connectivity index (χ0n) is 13.0. The average molecular weight is 275 g/mol. The van der Waals surface area contributed by atoms with E-state index in [2.05, 4.69) is 35.4 Å². The Morgan fingerprint density at radius 2 is 1.80 bits per heavy atom. The third kappa shape index (κ3) is 3.45. The van der Waals surface area contributed by atoms with E-state index in [-0.39, 0.29) is 5.54 Å². The van der Waals surface area contributed by atoms with Crippen LogP contribution in [0.3, 0.4) is 0 Å². The summed E-state index contributed by atoms with van der Waals surface area (Å²) >= 11 is 0. The molecule has 0 amide bonds. The Morgan fingerprint density at radius 1 is 1.15 bits per heavy atom. The molecule has 0 radical (unpaired) electrons. The SMILES string of the molecule is CCc1nnc(NCC(N)(CC)CC)c(C#N)c1CC. The van der Waals surface area contributed by atoms with Crippen LogP contribution in [0.4, 0.5) is 5.82 Å². The van der Waals surface area contributed by atoms with Crippen LogP contribution in [0.15, 0.2) is 0 Å². The molecule has 3 N–H and O–H groups in total. The fourth-order valence-electron chi connectivity index (χ4n) is 2.18. The van der Waals surface area contributed by atoms with Crippen LogP contribution in [-0.4, -0.2) is 22.3 Å². The van der Waals surface area contributed by atoms with Crippen LogP contribution in [0.25, 0.3) is 0 Å². The van der Waals surface area contributed by atoms with Crippen LogP contribution in [0.5, 0.6) is 0 Å². The average Bonchev–Trinajstić information content (AvgIpc) is 2.51. The van der Waals surface area contributed by atoms with Crippen molar-refractivity contribution >= 4 is 5.82 Å². The molecule has 1 heterocycles. The number of nitrogens with two attached hydrogens (primary N) is 1. The highest BCUT2D eigenvalue weighted by Gasteiger charge is 2.21. The monoisotopic (exact) mass is 275 g/mol. The molecule has 5 heteroatoms. The number of anilines is 1. The molecule has 0 aromatic carbocycles. The smallest absolute Gasteiger partial charge is 0.167 e. The molecule has 110 valence electrons. The first kappa shape index (κ1) is 16.4. The number of aromatic nitrogens is 2. The van der Waals surface area contributed by atoms with Crippen LogP contribution in [-0.2, 0) is 12.8 Å². The maximum Gasteiger partial charge on any atom is 0.167 e. The van der Waals surface area contributed by atoms with Crippen molar-refractivity contribution in [2.75, 3.05) is 11.9 Å². The molecule has 0 aliphatic rings. The zero-order chi connectivity index (χ0) is 15.2. The minimum atomic E-state index is -0.274. The quantitative estimate of drug-likeness (QED) is 0.797. The van der Waals surface area contributed by atoms with Crippen LogP contribution in [0, 0.1) is 11.3 Å². The van der Waals surface area contributed by atoms with Gasteiger partial charge in [0.1, 0.15) is 11.6 Å². The molecule has 1 rings (SSSR count). The van der Waals surface area contributed by atoms with E-state index in [1.54, 1.807) is 0 Å². The molecule has 0 saturated heterocycles. The number of hydrogen-bond acceptors (Lipinski definition) is 5. The van der Waals surface area contributed by atoms with Gasteiger partial charge in [0.05, 0.1) is 5.69 Å². The largest absolute Gasteiger partial charge is 0.366 e. The Hall–Kier alpha value is -1.67. The molecule has 0 unspecified atom stereocenters. The van der Waals surface area contributed by atoms with E-state index in [1.807, 2.05) is 13.8 Å². The van der Waals surface area contributed by atoms with E-state index in [0.29, 0.717) is 17.9 Å². The summed E-state index contributed by atoms with van der Waals surface area (Å²) in [6, 6.07) is 2.26. The number of hydrogen-bond donors (Lipinski definition) is 2. The lowest BCUT2D eigenvalue weighted by Crippen LogP contribution is -2.45. The molecule has 0 aliphatic heterocycles. The van der Waals surface area contributed by atoms with Crippen molar-refractivity contribution in [1.82, 2.24) is 10.2 Å². The predicted molar refractivity (Wildman–Crippen MR) is 81.5 cm³/mol. The predicted octanol–water partition coefficient (Wildman–Crippen LogP) is 2.40. The first-order chi connectivity index (χ1) is 9.55. The molecular weight excluding hydrogens is 250 g/mol. The minimum absolute atomic E-state index is 0.274. The summed E-state index contributed by atoms with van der Waals surface area (Å²) in [6.07, 6.45) is 3.32. The Labute approximate surface area is 121 Å². The van der Waals surface area contributed by atoms with Crippen LogP contribution < -0.4 is 11.1 Å². The fourth-order valence-corrected chi connectivity index (χ4v) is 2.18. The van der Waals surface area contributed by atoms with E-state index in [9.17, 15) is 5.26 Å². The normalized spacial score (nSPS) is 11.2. The minimum Gasteiger partial charge on any atom is -0.366 e. The maximum absolute atomic E-state index is 9.41. The summed E-state index contributed by atoms with van der Waals surface area (Å²) in [5.74, 6) is 0.554. The molecule has 20 heavy (non-hydrogen) atoms. The topological polar surface area (TPSA) is 87.6 Å². The van der Waals surface area contributed by atoms with E-state index in [1.165, 1.54) is 0 Å². The summed E-state index contributed by atoms with van der Waals surface area (Å²) in [5, 5.41) is 21.0. The van der Waals surface area contributed by atoms with Gasteiger partial charge in [0.15, 0.2) is 5.82 Å². The van der Waals surface area contributed by atoms with Gasteiger partial charge in [-0.05, 0) is 31.2 Å². The van der Waals surface area contributed by atoms with Crippen molar-refractivity contribution in [3.63, 3.8) is 0 Å². The van der Waals surface area contributed by atoms with Crippen molar-refractivity contribution in [2.24, 2.45) is 5.73 Å². The molecule has 5 nitrogen and oxygen atoms in total. The van der Waals surface area contributed by atoms with Gasteiger partial charge < -0.3 is 11.1 Å². The molecule has 0 atom stereocenters. The van der Waals surface area contributed by atoms with E-state index in [4.69, 9.17) is 5.73 Å². The number of rotatable bonds is 7. The van der Waals surface area contributed by atoms with Gasteiger partial charge in [-0.2, -0.15) is 10.4 Å². The van der Waals surface area contributed by atoms with Crippen molar-refractivity contribution in [3.8, 4) is 6.07 Å². The van der Waals surface area contributed by atoms with Gasteiger partial charge in [0, 0.05) is 12.1 Å². The van der Waals surface area contributed by atoms with E-state index < -0.39 is 0 Å². The third-order valence-electron chi connectivity index (χ3n) is 3.97. The van der Waals surface area contributed by atoms with Gasteiger partial charge in [-0.3, -0.25) is 0 Å². The zero-order valence-corrected chi connectivity index (χ0v) is 13.0. The second-order valence-corrected chi connectivity index (χ2v) is 5.09. The Kier molecular flexibility index (Phi) is 5.90. The number of nitriles is 1. The molecule has 0 saturated carbocycles. The molecule has 1 aromatic rings. The van der Waals surface area contributed by atoms with Gasteiger partial charge in [-0.1, -0.05) is 27.7 Å². The van der Waals surface area contributed by atoms with Gasteiger partial charge >= 0.3 is 0 Å². The molecule has 0 spiro atoms. The summed E-state index contributed by atoms with van der Waals surface area (Å²) in [6.45, 7) is 8.79. The van der Waals surface area contributed by atoms with Crippen molar-refractivity contribution in [2.45, 2.75) is 58.9 Å². The van der Waals surface area contributed by atoms with Crippen molar-refractivity contribution < 1.29 is 0 Å². The molecular formula is C15H25N5. The number of aryl methyl sites for hydroxylation is 1. The molecule has 1 aromatic heterocycles. The van der Waals surface area contributed by atoms with Gasteiger partial charge in [0.25, 0.3) is 0 Å². The van der Waals surface area contributed by atoms with Crippen LogP contribution >= 0.6 is 0 Å². The van der Waals surface area contributed by atoms with Gasteiger partial charge in [-0.25, -0.2) is 0 Å². The highest BCUT2D eigenvalue weighted by atomic mass is 15.2.